The molecular formula is C15H14N6. The minimum absolute atomic E-state index is 0.0276. The molecule has 1 aromatic heterocycles. The topological polar surface area (TPSA) is 74.0 Å². The third kappa shape index (κ3) is 2.14. The number of anilines is 1. The maximum Gasteiger partial charge on any atom is 0.170 e. The number of benzene rings is 1. The molecular weight excluding hydrogens is 264 g/mol. The van der Waals surface area contributed by atoms with Crippen LogP contribution in [-0.4, -0.2) is 35.2 Å². The fraction of sp³-hybridized carbons (Fsp3) is 0.200. The van der Waals surface area contributed by atoms with Gasteiger partial charge in [-0.2, -0.15) is 0 Å². The maximum absolute atomic E-state index is 4.49. The molecule has 0 saturated heterocycles. The predicted octanol–water partition coefficient (Wildman–Crippen LogP) is 1.80. The summed E-state index contributed by atoms with van der Waals surface area (Å²) in [7, 11) is 0. The van der Waals surface area contributed by atoms with Gasteiger partial charge in [0.15, 0.2) is 6.17 Å². The average Bonchev–Trinajstić information content (AvgIpc) is 2.95. The number of hydrogen-bond acceptors (Lipinski definition) is 6. The lowest BCUT2D eigenvalue weighted by atomic mass is 10.1. The second kappa shape index (κ2) is 4.66. The Kier molecular flexibility index (Phi) is 2.67. The van der Waals surface area contributed by atoms with Crippen LogP contribution in [0, 0.1) is 0 Å². The number of amidine groups is 2. The lowest BCUT2D eigenvalue weighted by Gasteiger charge is -2.23. The lowest BCUT2D eigenvalue weighted by Crippen LogP contribution is -2.45. The quantitative estimate of drug-likeness (QED) is 0.835. The first-order valence-corrected chi connectivity index (χ1v) is 6.82. The van der Waals surface area contributed by atoms with E-state index in [1.807, 2.05) is 37.4 Å². The SMILES string of the molecule is CC1=NC2N=CNC2C(Nc2cnc3ccccc3c2)=N1. The Labute approximate surface area is 121 Å². The average molecular weight is 278 g/mol. The highest BCUT2D eigenvalue weighted by atomic mass is 15.3. The fourth-order valence-electron chi connectivity index (χ4n) is 2.56. The third-order valence-corrected chi connectivity index (χ3v) is 3.54. The Morgan fingerprint density at radius 1 is 1.24 bits per heavy atom. The molecule has 104 valence electrons. The van der Waals surface area contributed by atoms with E-state index in [4.69, 9.17) is 0 Å². The number of aromatic nitrogens is 1. The summed E-state index contributed by atoms with van der Waals surface area (Å²) in [5.41, 5.74) is 1.89. The molecule has 2 N–H and O–H groups in total. The number of hydrogen-bond donors (Lipinski definition) is 2. The molecule has 6 heteroatoms. The summed E-state index contributed by atoms with van der Waals surface area (Å²) in [5.74, 6) is 1.55. The van der Waals surface area contributed by atoms with Crippen molar-refractivity contribution >= 4 is 34.6 Å². The second-order valence-electron chi connectivity index (χ2n) is 5.05. The van der Waals surface area contributed by atoms with Crippen molar-refractivity contribution in [3.63, 3.8) is 0 Å². The first kappa shape index (κ1) is 12.0. The smallest absolute Gasteiger partial charge is 0.170 e. The molecule has 2 aromatic rings. The van der Waals surface area contributed by atoms with Crippen molar-refractivity contribution in [3.8, 4) is 0 Å². The molecule has 0 amide bonds. The van der Waals surface area contributed by atoms with Gasteiger partial charge in [0.05, 0.1) is 23.7 Å². The van der Waals surface area contributed by atoms with Gasteiger partial charge in [0.2, 0.25) is 0 Å². The van der Waals surface area contributed by atoms with E-state index in [1.165, 1.54) is 0 Å². The monoisotopic (exact) mass is 278 g/mol. The van der Waals surface area contributed by atoms with Crippen LogP contribution in [0.25, 0.3) is 10.9 Å². The van der Waals surface area contributed by atoms with Gasteiger partial charge in [-0.05, 0) is 19.1 Å². The van der Waals surface area contributed by atoms with Crippen LogP contribution >= 0.6 is 0 Å². The molecule has 0 spiro atoms. The third-order valence-electron chi connectivity index (χ3n) is 3.54. The van der Waals surface area contributed by atoms with Crippen molar-refractivity contribution in [1.29, 1.82) is 0 Å². The molecule has 2 aliphatic rings. The van der Waals surface area contributed by atoms with E-state index in [1.54, 1.807) is 6.34 Å². The van der Waals surface area contributed by atoms with Crippen LogP contribution in [0.3, 0.4) is 0 Å². The number of nitrogens with zero attached hydrogens (tertiary/aromatic N) is 4. The van der Waals surface area contributed by atoms with Crippen LogP contribution in [0.1, 0.15) is 6.92 Å². The van der Waals surface area contributed by atoms with Crippen molar-refractivity contribution in [2.45, 2.75) is 19.1 Å². The summed E-state index contributed by atoms with van der Waals surface area (Å²) in [6.45, 7) is 1.88. The van der Waals surface area contributed by atoms with Gasteiger partial charge in [0.1, 0.15) is 17.7 Å². The Morgan fingerprint density at radius 2 is 2.14 bits per heavy atom. The Bertz CT molecular complexity index is 792. The molecule has 0 aliphatic carbocycles. The van der Waals surface area contributed by atoms with Gasteiger partial charge in [-0.25, -0.2) is 15.0 Å². The molecule has 6 nitrogen and oxygen atoms in total. The van der Waals surface area contributed by atoms with Gasteiger partial charge in [-0.1, -0.05) is 18.2 Å². The predicted molar refractivity (Wildman–Crippen MR) is 85.1 cm³/mol. The second-order valence-corrected chi connectivity index (χ2v) is 5.05. The highest BCUT2D eigenvalue weighted by Crippen LogP contribution is 2.19. The number of pyridine rings is 1. The lowest BCUT2D eigenvalue weighted by molar-refractivity contribution is 0.647. The molecule has 3 heterocycles. The van der Waals surface area contributed by atoms with Crippen molar-refractivity contribution in [2.24, 2.45) is 15.0 Å². The highest BCUT2D eigenvalue weighted by Gasteiger charge is 2.31. The van der Waals surface area contributed by atoms with E-state index >= 15 is 0 Å². The summed E-state index contributed by atoms with van der Waals surface area (Å²) >= 11 is 0. The largest absolute Gasteiger partial charge is 0.363 e. The highest BCUT2D eigenvalue weighted by molar-refractivity contribution is 6.09. The normalized spacial score (nSPS) is 23.3. The van der Waals surface area contributed by atoms with Gasteiger partial charge in [0, 0.05) is 5.39 Å². The van der Waals surface area contributed by atoms with Crippen LogP contribution in [0.4, 0.5) is 5.69 Å². The van der Waals surface area contributed by atoms with Crippen LogP contribution in [0.5, 0.6) is 0 Å². The number of nitrogens with one attached hydrogen (secondary N) is 2. The summed E-state index contributed by atoms with van der Waals surface area (Å²) in [6, 6.07) is 10.1. The summed E-state index contributed by atoms with van der Waals surface area (Å²) < 4.78 is 0. The number of para-hydroxylation sites is 1. The Balaban J connectivity index is 1.66. The zero-order valence-corrected chi connectivity index (χ0v) is 11.5. The standard InChI is InChI=1S/C15H14N6/c1-9-19-14-13(17-8-18-14)15(20-9)21-11-6-10-4-2-3-5-12(10)16-7-11/h2-8,13-14H,1H3,(H,17,18)(H,19,20,21). The van der Waals surface area contributed by atoms with Crippen molar-refractivity contribution in [3.05, 3.63) is 36.5 Å². The van der Waals surface area contributed by atoms with Gasteiger partial charge in [-0.3, -0.25) is 4.98 Å². The van der Waals surface area contributed by atoms with Crippen LogP contribution in [0.2, 0.25) is 0 Å². The van der Waals surface area contributed by atoms with Crippen LogP contribution in [0.15, 0.2) is 51.5 Å². The zero-order valence-electron chi connectivity index (χ0n) is 11.5. The fourth-order valence-corrected chi connectivity index (χ4v) is 2.56. The van der Waals surface area contributed by atoms with Crippen molar-refractivity contribution in [1.82, 2.24) is 10.3 Å². The Hall–Kier alpha value is -2.76. The molecule has 4 rings (SSSR count). The van der Waals surface area contributed by atoms with Gasteiger partial charge in [0.25, 0.3) is 0 Å². The van der Waals surface area contributed by atoms with Crippen molar-refractivity contribution in [2.75, 3.05) is 5.32 Å². The van der Waals surface area contributed by atoms with Crippen LogP contribution < -0.4 is 10.6 Å². The van der Waals surface area contributed by atoms with E-state index in [2.05, 4.69) is 36.7 Å². The molecule has 0 radical (unpaired) electrons. The summed E-state index contributed by atoms with van der Waals surface area (Å²) in [4.78, 5) is 17.6. The molecule has 0 fully saturated rings. The molecule has 0 saturated carbocycles. The zero-order chi connectivity index (χ0) is 14.2. The van der Waals surface area contributed by atoms with E-state index in [9.17, 15) is 0 Å². The minimum atomic E-state index is -0.126. The maximum atomic E-state index is 4.49. The van der Waals surface area contributed by atoms with Gasteiger partial charge in [-0.15, -0.1) is 0 Å². The molecule has 21 heavy (non-hydrogen) atoms. The Morgan fingerprint density at radius 3 is 3.10 bits per heavy atom. The van der Waals surface area contributed by atoms with E-state index < -0.39 is 0 Å². The molecule has 2 atom stereocenters. The van der Waals surface area contributed by atoms with E-state index in [0.717, 1.165) is 28.3 Å². The number of rotatable bonds is 1. The molecule has 2 aliphatic heterocycles. The first-order chi connectivity index (χ1) is 10.3. The molecule has 0 bridgehead atoms. The van der Waals surface area contributed by atoms with E-state index in [0.29, 0.717) is 0 Å². The first-order valence-electron chi connectivity index (χ1n) is 6.82. The molecule has 1 aromatic carbocycles. The minimum Gasteiger partial charge on any atom is -0.363 e. The molecule has 2 unspecified atom stereocenters. The van der Waals surface area contributed by atoms with Crippen LogP contribution in [-0.2, 0) is 0 Å². The summed E-state index contributed by atoms with van der Waals surface area (Å²) in [5, 5.41) is 7.61. The van der Waals surface area contributed by atoms with Gasteiger partial charge < -0.3 is 10.6 Å². The van der Waals surface area contributed by atoms with Gasteiger partial charge >= 0.3 is 0 Å². The number of fused-ring (bicyclic) bond motifs is 2. The summed E-state index contributed by atoms with van der Waals surface area (Å²) in [6.07, 6.45) is 3.38. The number of aliphatic imine (C=N–C) groups is 3. The van der Waals surface area contributed by atoms with Crippen molar-refractivity contribution < 1.29 is 0 Å². The van der Waals surface area contributed by atoms with E-state index in [-0.39, 0.29) is 12.2 Å².